The van der Waals surface area contributed by atoms with Gasteiger partial charge in [0.2, 0.25) is 0 Å². The van der Waals surface area contributed by atoms with E-state index in [0.717, 1.165) is 12.1 Å². The highest BCUT2D eigenvalue weighted by Crippen LogP contribution is 2.30. The summed E-state index contributed by atoms with van der Waals surface area (Å²) in [6.45, 7) is 11.1. The fourth-order valence-electron chi connectivity index (χ4n) is 3.90. The van der Waals surface area contributed by atoms with Gasteiger partial charge >= 0.3 is 0 Å². The molecule has 0 aromatic rings. The Bertz CT molecular complexity index is 275. The zero-order valence-corrected chi connectivity index (χ0v) is 14.1. The van der Waals surface area contributed by atoms with Gasteiger partial charge in [0.1, 0.15) is 0 Å². The largest absolute Gasteiger partial charge is 0.313 e. The number of nitrogens with one attached hydrogen (secondary N) is 1. The number of hydrogen-bond acceptors (Lipinski definition) is 2. The SMILES string of the molecule is CCCC(C)(CNC1CC1)CN1CCCCCC1CC. The Morgan fingerprint density at radius 1 is 1.10 bits per heavy atom. The minimum atomic E-state index is 0.467. The van der Waals surface area contributed by atoms with E-state index >= 15 is 0 Å². The Morgan fingerprint density at radius 3 is 2.55 bits per heavy atom. The molecule has 2 aliphatic rings. The smallest absolute Gasteiger partial charge is 0.00928 e. The average molecular weight is 280 g/mol. The predicted molar refractivity (Wildman–Crippen MR) is 88.2 cm³/mol. The number of rotatable bonds is 8. The fourth-order valence-corrected chi connectivity index (χ4v) is 3.90. The monoisotopic (exact) mass is 280 g/mol. The van der Waals surface area contributed by atoms with Crippen LogP contribution in [0.3, 0.4) is 0 Å². The molecule has 2 unspecified atom stereocenters. The summed E-state index contributed by atoms with van der Waals surface area (Å²) in [5.41, 5.74) is 0.467. The van der Waals surface area contributed by atoms with Gasteiger partial charge in [0.25, 0.3) is 0 Å². The molecule has 2 fully saturated rings. The average Bonchev–Trinajstić information content (AvgIpc) is 3.24. The van der Waals surface area contributed by atoms with E-state index in [1.165, 1.54) is 77.4 Å². The summed E-state index contributed by atoms with van der Waals surface area (Å²) in [6.07, 6.45) is 12.5. The van der Waals surface area contributed by atoms with Crippen molar-refractivity contribution in [3.8, 4) is 0 Å². The van der Waals surface area contributed by atoms with Crippen LogP contribution >= 0.6 is 0 Å². The van der Waals surface area contributed by atoms with E-state index in [0.29, 0.717) is 5.41 Å². The summed E-state index contributed by atoms with van der Waals surface area (Å²) in [5, 5.41) is 3.79. The van der Waals surface area contributed by atoms with E-state index in [1.54, 1.807) is 0 Å². The third-order valence-corrected chi connectivity index (χ3v) is 5.30. The zero-order valence-electron chi connectivity index (χ0n) is 14.1. The van der Waals surface area contributed by atoms with Gasteiger partial charge in [0, 0.05) is 25.2 Å². The van der Waals surface area contributed by atoms with E-state index in [4.69, 9.17) is 0 Å². The molecule has 2 heteroatoms. The van der Waals surface area contributed by atoms with Crippen molar-refractivity contribution in [2.45, 2.75) is 90.6 Å². The van der Waals surface area contributed by atoms with Gasteiger partial charge in [-0.25, -0.2) is 0 Å². The first-order valence-corrected chi connectivity index (χ1v) is 9.14. The highest BCUT2D eigenvalue weighted by Gasteiger charge is 2.32. The fraction of sp³-hybridized carbons (Fsp3) is 1.00. The van der Waals surface area contributed by atoms with E-state index in [2.05, 4.69) is 31.0 Å². The first kappa shape index (κ1) is 16.3. The quantitative estimate of drug-likeness (QED) is 0.717. The van der Waals surface area contributed by atoms with Gasteiger partial charge in [0.15, 0.2) is 0 Å². The standard InChI is InChI=1S/C18H36N2/c1-4-12-18(3,14-19-16-10-11-16)15-20-13-8-6-7-9-17(20)5-2/h16-17,19H,4-15H2,1-3H3. The molecule has 1 heterocycles. The van der Waals surface area contributed by atoms with Crippen molar-refractivity contribution in [2.75, 3.05) is 19.6 Å². The molecule has 1 N–H and O–H groups in total. The summed E-state index contributed by atoms with van der Waals surface area (Å²) >= 11 is 0. The van der Waals surface area contributed by atoms with Crippen molar-refractivity contribution in [1.29, 1.82) is 0 Å². The predicted octanol–water partition coefficient (Wildman–Crippen LogP) is 4.20. The van der Waals surface area contributed by atoms with Gasteiger partial charge in [-0.15, -0.1) is 0 Å². The summed E-state index contributed by atoms with van der Waals surface area (Å²) in [6, 6.07) is 1.69. The van der Waals surface area contributed by atoms with Gasteiger partial charge in [0.05, 0.1) is 0 Å². The van der Waals surface area contributed by atoms with Crippen LogP contribution < -0.4 is 5.32 Å². The van der Waals surface area contributed by atoms with Crippen LogP contribution in [0.4, 0.5) is 0 Å². The first-order chi connectivity index (χ1) is 9.67. The summed E-state index contributed by atoms with van der Waals surface area (Å²) in [7, 11) is 0. The second-order valence-electron chi connectivity index (χ2n) is 7.60. The van der Waals surface area contributed by atoms with Crippen LogP contribution in [0.1, 0.15) is 78.6 Å². The number of hydrogen-bond donors (Lipinski definition) is 1. The van der Waals surface area contributed by atoms with Gasteiger partial charge in [-0.3, -0.25) is 4.90 Å². The third-order valence-electron chi connectivity index (χ3n) is 5.30. The maximum Gasteiger partial charge on any atom is 0.00928 e. The van der Waals surface area contributed by atoms with Gasteiger partial charge in [-0.05, 0) is 50.5 Å². The normalized spacial score (nSPS) is 28.1. The lowest BCUT2D eigenvalue weighted by molar-refractivity contribution is 0.108. The van der Waals surface area contributed by atoms with Gasteiger partial charge in [-0.1, -0.05) is 40.0 Å². The minimum Gasteiger partial charge on any atom is -0.313 e. The molecule has 1 aliphatic heterocycles. The summed E-state index contributed by atoms with van der Waals surface area (Å²) in [4.78, 5) is 2.83. The molecule has 0 radical (unpaired) electrons. The second-order valence-corrected chi connectivity index (χ2v) is 7.60. The minimum absolute atomic E-state index is 0.467. The van der Waals surface area contributed by atoms with E-state index in [1.807, 2.05) is 0 Å². The molecule has 20 heavy (non-hydrogen) atoms. The Kier molecular flexibility index (Phi) is 6.35. The molecule has 2 atom stereocenters. The van der Waals surface area contributed by atoms with Crippen molar-refractivity contribution in [3.05, 3.63) is 0 Å². The van der Waals surface area contributed by atoms with Crippen molar-refractivity contribution in [3.63, 3.8) is 0 Å². The molecule has 2 nitrogen and oxygen atoms in total. The van der Waals surface area contributed by atoms with Gasteiger partial charge < -0.3 is 5.32 Å². The second kappa shape index (κ2) is 7.79. The topological polar surface area (TPSA) is 15.3 Å². The van der Waals surface area contributed by atoms with E-state index in [-0.39, 0.29) is 0 Å². The van der Waals surface area contributed by atoms with Crippen LogP contribution in [0.5, 0.6) is 0 Å². The maximum atomic E-state index is 3.79. The molecule has 1 saturated heterocycles. The van der Waals surface area contributed by atoms with E-state index in [9.17, 15) is 0 Å². The van der Waals surface area contributed by atoms with Gasteiger partial charge in [-0.2, -0.15) is 0 Å². The van der Waals surface area contributed by atoms with Crippen LogP contribution in [-0.4, -0.2) is 36.6 Å². The molecule has 0 amide bonds. The highest BCUT2D eigenvalue weighted by molar-refractivity contribution is 4.88. The van der Waals surface area contributed by atoms with Crippen LogP contribution in [0.25, 0.3) is 0 Å². The number of likely N-dealkylation sites (tertiary alicyclic amines) is 1. The molecular weight excluding hydrogens is 244 g/mol. The Morgan fingerprint density at radius 2 is 1.90 bits per heavy atom. The number of nitrogens with zero attached hydrogens (tertiary/aromatic N) is 1. The van der Waals surface area contributed by atoms with E-state index < -0.39 is 0 Å². The maximum absolute atomic E-state index is 3.79. The molecule has 2 rings (SSSR count). The molecule has 0 bridgehead atoms. The Labute approximate surface area is 126 Å². The zero-order chi connectivity index (χ0) is 14.4. The van der Waals surface area contributed by atoms with Crippen molar-refractivity contribution < 1.29 is 0 Å². The molecular formula is C18H36N2. The van der Waals surface area contributed by atoms with Crippen LogP contribution in [-0.2, 0) is 0 Å². The molecule has 0 aromatic carbocycles. The first-order valence-electron chi connectivity index (χ1n) is 9.14. The Balaban J connectivity index is 1.92. The van der Waals surface area contributed by atoms with Crippen molar-refractivity contribution >= 4 is 0 Å². The summed E-state index contributed by atoms with van der Waals surface area (Å²) in [5.74, 6) is 0. The molecule has 1 aliphatic carbocycles. The lowest BCUT2D eigenvalue weighted by Crippen LogP contribution is -2.46. The van der Waals surface area contributed by atoms with Crippen LogP contribution in [0, 0.1) is 5.41 Å². The summed E-state index contributed by atoms with van der Waals surface area (Å²) < 4.78 is 0. The highest BCUT2D eigenvalue weighted by atomic mass is 15.2. The molecule has 0 spiro atoms. The van der Waals surface area contributed by atoms with Crippen molar-refractivity contribution in [1.82, 2.24) is 10.2 Å². The lowest BCUT2D eigenvalue weighted by atomic mass is 9.84. The van der Waals surface area contributed by atoms with Crippen molar-refractivity contribution in [2.24, 2.45) is 5.41 Å². The molecule has 118 valence electrons. The van der Waals surface area contributed by atoms with Crippen LogP contribution in [0.2, 0.25) is 0 Å². The lowest BCUT2D eigenvalue weighted by Gasteiger charge is -2.39. The third kappa shape index (κ3) is 5.04. The molecule has 1 saturated carbocycles. The van der Waals surface area contributed by atoms with Crippen LogP contribution in [0.15, 0.2) is 0 Å². The molecule has 0 aromatic heterocycles. The Hall–Kier alpha value is -0.0800.